The first kappa shape index (κ1) is 17.1. The molecule has 0 saturated carbocycles. The minimum absolute atomic E-state index is 0.0352. The molecule has 7 heteroatoms. The van der Waals surface area contributed by atoms with Crippen LogP contribution in [0, 0.1) is 0 Å². The van der Waals surface area contributed by atoms with Gasteiger partial charge in [-0.05, 0) is 42.0 Å². The second-order valence-corrected chi connectivity index (χ2v) is 5.12. The van der Waals surface area contributed by atoms with E-state index in [0.29, 0.717) is 12.3 Å². The van der Waals surface area contributed by atoms with Gasteiger partial charge < -0.3 is 15.4 Å². The zero-order valence-electron chi connectivity index (χ0n) is 12.1. The predicted molar refractivity (Wildman–Crippen MR) is 86.5 cm³/mol. The first-order chi connectivity index (χ1) is 10.9. The molecule has 0 amide bonds. The standard InChI is InChI=1S/C16H15F3N2OS/c17-16(18,19)11-21-15(23)20-10-12-6-8-14(9-7-12)22-13-4-2-1-3-5-13/h1-9H,10-11H2,(H2,20,21,23). The summed E-state index contributed by atoms with van der Waals surface area (Å²) in [4.78, 5) is 0. The molecule has 122 valence electrons. The Morgan fingerprint density at radius 2 is 1.52 bits per heavy atom. The van der Waals surface area contributed by atoms with E-state index >= 15 is 0 Å². The highest BCUT2D eigenvalue weighted by molar-refractivity contribution is 7.80. The van der Waals surface area contributed by atoms with Gasteiger partial charge in [-0.2, -0.15) is 13.2 Å². The van der Waals surface area contributed by atoms with Gasteiger partial charge in [0.05, 0.1) is 0 Å². The second kappa shape index (κ2) is 7.82. The number of hydrogen-bond donors (Lipinski definition) is 2. The summed E-state index contributed by atoms with van der Waals surface area (Å²) in [6.45, 7) is -0.821. The van der Waals surface area contributed by atoms with Gasteiger partial charge in [0.1, 0.15) is 18.0 Å². The fourth-order valence-electron chi connectivity index (χ4n) is 1.73. The van der Waals surface area contributed by atoms with Gasteiger partial charge in [-0.25, -0.2) is 0 Å². The summed E-state index contributed by atoms with van der Waals surface area (Å²) in [5.41, 5.74) is 0.876. The van der Waals surface area contributed by atoms with E-state index in [2.05, 4.69) is 10.6 Å². The molecule has 0 radical (unpaired) electrons. The molecule has 23 heavy (non-hydrogen) atoms. The minimum Gasteiger partial charge on any atom is -0.457 e. The molecule has 0 heterocycles. The van der Waals surface area contributed by atoms with Crippen LogP contribution in [0.2, 0.25) is 0 Å². The van der Waals surface area contributed by atoms with Crippen LogP contribution in [0.3, 0.4) is 0 Å². The van der Waals surface area contributed by atoms with Crippen molar-refractivity contribution >= 4 is 17.3 Å². The van der Waals surface area contributed by atoms with E-state index < -0.39 is 12.7 Å². The van der Waals surface area contributed by atoms with Crippen molar-refractivity contribution in [2.45, 2.75) is 12.7 Å². The van der Waals surface area contributed by atoms with Crippen LogP contribution >= 0.6 is 12.2 Å². The Labute approximate surface area is 137 Å². The van der Waals surface area contributed by atoms with E-state index in [1.54, 1.807) is 12.1 Å². The average molecular weight is 340 g/mol. The van der Waals surface area contributed by atoms with Crippen LogP contribution in [-0.4, -0.2) is 17.8 Å². The number of ether oxygens (including phenoxy) is 1. The van der Waals surface area contributed by atoms with Gasteiger partial charge >= 0.3 is 6.18 Å². The Hall–Kier alpha value is -2.28. The summed E-state index contributed by atoms with van der Waals surface area (Å²) in [6, 6.07) is 16.6. The highest BCUT2D eigenvalue weighted by Crippen LogP contribution is 2.21. The number of para-hydroxylation sites is 1. The van der Waals surface area contributed by atoms with E-state index in [1.165, 1.54) is 0 Å². The maximum atomic E-state index is 12.0. The molecule has 0 spiro atoms. The second-order valence-electron chi connectivity index (χ2n) is 4.71. The number of benzene rings is 2. The number of alkyl halides is 3. The number of nitrogens with one attached hydrogen (secondary N) is 2. The Morgan fingerprint density at radius 3 is 2.13 bits per heavy atom. The normalized spacial score (nSPS) is 10.9. The molecule has 0 saturated heterocycles. The van der Waals surface area contributed by atoms with E-state index in [9.17, 15) is 13.2 Å². The lowest BCUT2D eigenvalue weighted by atomic mass is 10.2. The molecule has 2 aromatic rings. The Balaban J connectivity index is 1.80. The van der Waals surface area contributed by atoms with Crippen molar-refractivity contribution in [3.8, 4) is 11.5 Å². The third kappa shape index (κ3) is 6.56. The Bertz CT molecular complexity index is 630. The maximum Gasteiger partial charge on any atom is 0.405 e. The van der Waals surface area contributed by atoms with Crippen LogP contribution in [-0.2, 0) is 6.54 Å². The highest BCUT2D eigenvalue weighted by atomic mass is 32.1. The molecule has 2 N–H and O–H groups in total. The van der Waals surface area contributed by atoms with E-state index in [-0.39, 0.29) is 5.11 Å². The molecule has 3 nitrogen and oxygen atoms in total. The molecule has 2 rings (SSSR count). The van der Waals surface area contributed by atoms with Crippen molar-refractivity contribution < 1.29 is 17.9 Å². The zero-order valence-corrected chi connectivity index (χ0v) is 12.9. The van der Waals surface area contributed by atoms with Gasteiger partial charge in [-0.3, -0.25) is 0 Å². The van der Waals surface area contributed by atoms with E-state index in [1.807, 2.05) is 42.5 Å². The van der Waals surface area contributed by atoms with Crippen molar-refractivity contribution in [2.75, 3.05) is 6.54 Å². The average Bonchev–Trinajstić information content (AvgIpc) is 2.52. The molecule has 0 fully saturated rings. The third-order valence-electron chi connectivity index (χ3n) is 2.80. The lowest BCUT2D eigenvalue weighted by Gasteiger charge is -2.12. The Kier molecular flexibility index (Phi) is 5.81. The Morgan fingerprint density at radius 1 is 0.913 bits per heavy atom. The van der Waals surface area contributed by atoms with Crippen LogP contribution in [0.1, 0.15) is 5.56 Å². The van der Waals surface area contributed by atoms with E-state index in [0.717, 1.165) is 11.3 Å². The van der Waals surface area contributed by atoms with Crippen LogP contribution in [0.25, 0.3) is 0 Å². The molecule has 0 aliphatic carbocycles. The lowest BCUT2D eigenvalue weighted by molar-refractivity contribution is -0.122. The first-order valence-electron chi connectivity index (χ1n) is 6.83. The van der Waals surface area contributed by atoms with Gasteiger partial charge in [0.2, 0.25) is 0 Å². The monoisotopic (exact) mass is 340 g/mol. The topological polar surface area (TPSA) is 33.3 Å². The van der Waals surface area contributed by atoms with Crippen molar-refractivity contribution in [1.29, 1.82) is 0 Å². The molecule has 2 aromatic carbocycles. The van der Waals surface area contributed by atoms with Crippen molar-refractivity contribution in [3.63, 3.8) is 0 Å². The quantitative estimate of drug-likeness (QED) is 0.806. The van der Waals surface area contributed by atoms with Crippen LogP contribution < -0.4 is 15.4 Å². The molecular formula is C16H15F3N2OS. The third-order valence-corrected chi connectivity index (χ3v) is 3.09. The molecule has 0 aliphatic heterocycles. The molecule has 0 aliphatic rings. The minimum atomic E-state index is -4.29. The molecule has 0 unspecified atom stereocenters. The van der Waals surface area contributed by atoms with Gasteiger partial charge in [0, 0.05) is 6.54 Å². The summed E-state index contributed by atoms with van der Waals surface area (Å²) in [5, 5.41) is 4.79. The van der Waals surface area contributed by atoms with Crippen LogP contribution in [0.15, 0.2) is 54.6 Å². The number of thiocarbonyl (C=S) groups is 1. The molecule has 0 bridgehead atoms. The number of halogens is 3. The molecular weight excluding hydrogens is 325 g/mol. The summed E-state index contributed by atoms with van der Waals surface area (Å²) < 4.78 is 41.8. The lowest BCUT2D eigenvalue weighted by Crippen LogP contribution is -2.40. The fraction of sp³-hybridized carbons (Fsp3) is 0.188. The van der Waals surface area contributed by atoms with Crippen LogP contribution in [0.5, 0.6) is 11.5 Å². The summed E-state index contributed by atoms with van der Waals surface area (Å²) in [5.74, 6) is 1.41. The van der Waals surface area contributed by atoms with Gasteiger partial charge in [0.15, 0.2) is 5.11 Å². The summed E-state index contributed by atoms with van der Waals surface area (Å²) in [6.07, 6.45) is -4.29. The number of rotatable bonds is 5. The predicted octanol–water partition coefficient (Wildman–Crippen LogP) is 4.01. The number of hydrogen-bond acceptors (Lipinski definition) is 2. The largest absolute Gasteiger partial charge is 0.457 e. The van der Waals surface area contributed by atoms with Crippen LogP contribution in [0.4, 0.5) is 13.2 Å². The van der Waals surface area contributed by atoms with Crippen molar-refractivity contribution in [2.24, 2.45) is 0 Å². The van der Waals surface area contributed by atoms with Crippen molar-refractivity contribution in [3.05, 3.63) is 60.2 Å². The fourth-order valence-corrected chi connectivity index (χ4v) is 1.87. The maximum absolute atomic E-state index is 12.0. The van der Waals surface area contributed by atoms with Gasteiger partial charge in [0.25, 0.3) is 0 Å². The van der Waals surface area contributed by atoms with E-state index in [4.69, 9.17) is 17.0 Å². The van der Waals surface area contributed by atoms with Gasteiger partial charge in [-0.1, -0.05) is 30.3 Å². The SMILES string of the molecule is FC(F)(F)CNC(=S)NCc1ccc(Oc2ccccc2)cc1. The first-order valence-corrected chi connectivity index (χ1v) is 7.23. The molecule has 0 atom stereocenters. The highest BCUT2D eigenvalue weighted by Gasteiger charge is 2.26. The summed E-state index contributed by atoms with van der Waals surface area (Å²) in [7, 11) is 0. The molecule has 0 aromatic heterocycles. The van der Waals surface area contributed by atoms with Crippen molar-refractivity contribution in [1.82, 2.24) is 10.6 Å². The smallest absolute Gasteiger partial charge is 0.405 e. The van der Waals surface area contributed by atoms with Gasteiger partial charge in [-0.15, -0.1) is 0 Å². The summed E-state index contributed by atoms with van der Waals surface area (Å²) >= 11 is 4.79. The zero-order chi connectivity index (χ0) is 16.7.